The highest BCUT2D eigenvalue weighted by Gasteiger charge is 2.30. The summed E-state index contributed by atoms with van der Waals surface area (Å²) in [5.41, 5.74) is 1.82. The number of hydrogen-bond donors (Lipinski definition) is 1. The van der Waals surface area contributed by atoms with E-state index in [2.05, 4.69) is 13.8 Å². The van der Waals surface area contributed by atoms with Gasteiger partial charge in [-0.1, -0.05) is 26.0 Å². The van der Waals surface area contributed by atoms with Gasteiger partial charge in [-0.25, -0.2) is 4.98 Å². The van der Waals surface area contributed by atoms with Crippen LogP contribution in [0.15, 0.2) is 59.6 Å². The van der Waals surface area contributed by atoms with Crippen molar-refractivity contribution >= 4 is 40.0 Å². The number of nitrogens with zero attached hydrogens (tertiary/aromatic N) is 2. The molecule has 0 unspecified atom stereocenters. The monoisotopic (exact) mass is 490 g/mol. The lowest BCUT2D eigenvalue weighted by molar-refractivity contribution is -0.138. The van der Waals surface area contributed by atoms with Crippen molar-refractivity contribution in [3.63, 3.8) is 0 Å². The van der Waals surface area contributed by atoms with E-state index in [1.54, 1.807) is 22.5 Å². The zero-order chi connectivity index (χ0) is 23.8. The molecule has 172 valence electrons. The van der Waals surface area contributed by atoms with Crippen LogP contribution in [0.25, 0.3) is 21.5 Å². The molecule has 4 rings (SSSR count). The number of alkyl halides is 3. The molecule has 0 saturated heterocycles. The number of benzene rings is 2. The fraction of sp³-hybridized carbons (Fsp3) is 0.250. The maximum atomic E-state index is 12.9. The van der Waals surface area contributed by atoms with Crippen LogP contribution in [-0.4, -0.2) is 20.6 Å². The van der Waals surface area contributed by atoms with E-state index in [9.17, 15) is 18.0 Å². The third-order valence-corrected chi connectivity index (χ3v) is 7.47. The Kier molecular flexibility index (Phi) is 6.54. The van der Waals surface area contributed by atoms with Gasteiger partial charge in [0.15, 0.2) is 0 Å². The molecule has 1 N–H and O–H groups in total. The van der Waals surface area contributed by atoms with E-state index in [0.29, 0.717) is 16.3 Å². The molecule has 2 heterocycles. The van der Waals surface area contributed by atoms with Crippen molar-refractivity contribution in [2.75, 3.05) is 0 Å². The second kappa shape index (κ2) is 9.23. The largest absolute Gasteiger partial charge is 0.480 e. The summed E-state index contributed by atoms with van der Waals surface area (Å²) in [5, 5.41) is 10.7. The predicted molar refractivity (Wildman–Crippen MR) is 126 cm³/mol. The van der Waals surface area contributed by atoms with E-state index < -0.39 is 17.7 Å². The molecule has 9 heteroatoms. The molecule has 0 fully saturated rings. The lowest BCUT2D eigenvalue weighted by atomic mass is 10.1. The standard InChI is InChI=1S/C24H21F3N2O2S2/c1-14(2)22-20(33-23(28-22)15-3-5-17(6-4-15)24(25,26)27)13-32-18-7-8-19-16(11-18)9-10-29(19)12-21(30)31/h3-11,14H,12-13H2,1-2H3,(H,30,31). The number of hydrogen-bond acceptors (Lipinski definition) is 4. The minimum atomic E-state index is -4.36. The molecule has 0 atom stereocenters. The maximum absolute atomic E-state index is 12.9. The Bertz CT molecular complexity index is 1290. The second-order valence-electron chi connectivity index (χ2n) is 7.90. The summed E-state index contributed by atoms with van der Waals surface area (Å²) in [4.78, 5) is 17.9. The van der Waals surface area contributed by atoms with Gasteiger partial charge < -0.3 is 9.67 Å². The number of carboxylic acids is 1. The van der Waals surface area contributed by atoms with Gasteiger partial charge in [0.25, 0.3) is 0 Å². The van der Waals surface area contributed by atoms with Crippen molar-refractivity contribution < 1.29 is 23.1 Å². The zero-order valence-electron chi connectivity index (χ0n) is 17.9. The normalized spacial score (nSPS) is 12.1. The highest BCUT2D eigenvalue weighted by Crippen LogP contribution is 2.37. The van der Waals surface area contributed by atoms with Gasteiger partial charge in [0, 0.05) is 38.2 Å². The third kappa shape index (κ3) is 5.25. The number of thioether (sulfide) groups is 1. The third-order valence-electron chi connectivity index (χ3n) is 5.15. The zero-order valence-corrected chi connectivity index (χ0v) is 19.5. The molecule has 4 nitrogen and oxygen atoms in total. The van der Waals surface area contributed by atoms with E-state index in [1.807, 2.05) is 24.3 Å². The van der Waals surface area contributed by atoms with Gasteiger partial charge >= 0.3 is 12.1 Å². The average molecular weight is 491 g/mol. The number of fused-ring (bicyclic) bond motifs is 1. The number of aromatic nitrogens is 2. The van der Waals surface area contributed by atoms with Gasteiger partial charge in [-0.2, -0.15) is 13.2 Å². The number of halogens is 3. The summed E-state index contributed by atoms with van der Waals surface area (Å²) in [6, 6.07) is 12.9. The number of aliphatic carboxylic acids is 1. The molecule has 4 aromatic rings. The van der Waals surface area contributed by atoms with E-state index in [0.717, 1.165) is 38.5 Å². The fourth-order valence-corrected chi connectivity index (χ4v) is 5.79. The summed E-state index contributed by atoms with van der Waals surface area (Å²) in [7, 11) is 0. The average Bonchev–Trinajstić information content (AvgIpc) is 3.36. The van der Waals surface area contributed by atoms with E-state index in [1.165, 1.54) is 23.5 Å². The van der Waals surface area contributed by atoms with E-state index >= 15 is 0 Å². The molecule has 2 aromatic heterocycles. The summed E-state index contributed by atoms with van der Waals surface area (Å²) in [5.74, 6) is -0.0125. The fourth-order valence-electron chi connectivity index (χ4n) is 3.54. The number of carbonyl (C=O) groups is 1. The molecular formula is C24H21F3N2O2S2. The van der Waals surface area contributed by atoms with E-state index in [4.69, 9.17) is 10.1 Å². The first-order chi connectivity index (χ1) is 15.6. The Morgan fingerprint density at radius 2 is 1.88 bits per heavy atom. The molecule has 0 bridgehead atoms. The smallest absolute Gasteiger partial charge is 0.416 e. The molecule has 0 radical (unpaired) electrons. The Labute approximate surface area is 197 Å². The Hall–Kier alpha value is -2.78. The first-order valence-corrected chi connectivity index (χ1v) is 12.0. The highest BCUT2D eigenvalue weighted by atomic mass is 32.2. The van der Waals surface area contributed by atoms with Crippen molar-refractivity contribution in [2.24, 2.45) is 0 Å². The number of thiazole rings is 1. The molecular weight excluding hydrogens is 469 g/mol. The first kappa shape index (κ1) is 23.4. The van der Waals surface area contributed by atoms with Crippen LogP contribution in [0.3, 0.4) is 0 Å². The Morgan fingerprint density at radius 1 is 1.15 bits per heavy atom. The van der Waals surface area contributed by atoms with Crippen LogP contribution in [-0.2, 0) is 23.3 Å². The quantitative estimate of drug-likeness (QED) is 0.277. The van der Waals surface area contributed by atoms with Crippen LogP contribution in [0.1, 0.15) is 35.9 Å². The Balaban J connectivity index is 1.54. The highest BCUT2D eigenvalue weighted by molar-refractivity contribution is 7.98. The van der Waals surface area contributed by atoms with Crippen LogP contribution in [0.5, 0.6) is 0 Å². The topological polar surface area (TPSA) is 55.1 Å². The predicted octanol–water partition coefficient (Wildman–Crippen LogP) is 7.28. The summed E-state index contributed by atoms with van der Waals surface area (Å²) in [6.45, 7) is 4.02. The van der Waals surface area contributed by atoms with Crippen molar-refractivity contribution in [2.45, 2.75) is 43.1 Å². The van der Waals surface area contributed by atoms with Gasteiger partial charge in [0.05, 0.1) is 11.3 Å². The lowest BCUT2D eigenvalue weighted by Crippen LogP contribution is -2.06. The van der Waals surface area contributed by atoms with Gasteiger partial charge in [0.2, 0.25) is 0 Å². The van der Waals surface area contributed by atoms with Gasteiger partial charge in [-0.3, -0.25) is 4.79 Å². The minimum Gasteiger partial charge on any atom is -0.480 e. The van der Waals surface area contributed by atoms with Crippen LogP contribution < -0.4 is 0 Å². The van der Waals surface area contributed by atoms with E-state index in [-0.39, 0.29) is 12.5 Å². The number of carboxylic acid groups (broad SMARTS) is 1. The van der Waals surface area contributed by atoms with Gasteiger partial charge in [-0.15, -0.1) is 23.1 Å². The summed E-state index contributed by atoms with van der Waals surface area (Å²) >= 11 is 3.16. The van der Waals surface area contributed by atoms with Crippen LogP contribution in [0, 0.1) is 0 Å². The first-order valence-electron chi connectivity index (χ1n) is 10.2. The molecule has 33 heavy (non-hydrogen) atoms. The summed E-state index contributed by atoms with van der Waals surface area (Å²) in [6.07, 6.45) is -2.59. The molecule has 0 saturated carbocycles. The molecule has 2 aromatic carbocycles. The van der Waals surface area contributed by atoms with Crippen molar-refractivity contribution in [1.82, 2.24) is 9.55 Å². The van der Waals surface area contributed by atoms with Gasteiger partial charge in [0.1, 0.15) is 11.6 Å². The second-order valence-corrected chi connectivity index (χ2v) is 10.0. The lowest BCUT2D eigenvalue weighted by Gasteiger charge is -2.06. The molecule has 0 amide bonds. The van der Waals surface area contributed by atoms with Crippen LogP contribution in [0.2, 0.25) is 0 Å². The number of rotatable bonds is 7. The van der Waals surface area contributed by atoms with Crippen LogP contribution >= 0.6 is 23.1 Å². The summed E-state index contributed by atoms with van der Waals surface area (Å²) < 4.78 is 40.3. The molecule has 0 aliphatic rings. The molecule has 0 aliphatic carbocycles. The van der Waals surface area contributed by atoms with Crippen molar-refractivity contribution in [3.8, 4) is 10.6 Å². The van der Waals surface area contributed by atoms with Crippen molar-refractivity contribution in [1.29, 1.82) is 0 Å². The maximum Gasteiger partial charge on any atom is 0.416 e. The molecule has 0 aliphatic heterocycles. The Morgan fingerprint density at radius 3 is 2.52 bits per heavy atom. The van der Waals surface area contributed by atoms with Crippen molar-refractivity contribution in [3.05, 3.63) is 70.9 Å². The minimum absolute atomic E-state index is 0.0820. The van der Waals surface area contributed by atoms with Crippen LogP contribution in [0.4, 0.5) is 13.2 Å². The SMILES string of the molecule is CC(C)c1nc(-c2ccc(C(F)(F)F)cc2)sc1CSc1ccc2c(ccn2CC(=O)O)c1. The van der Waals surface area contributed by atoms with Gasteiger partial charge in [-0.05, 0) is 42.3 Å². The molecule has 0 spiro atoms.